The van der Waals surface area contributed by atoms with Crippen LogP contribution in [0.2, 0.25) is 5.02 Å². The second-order valence-electron chi connectivity index (χ2n) is 9.50. The molecule has 33 heavy (non-hydrogen) atoms. The number of aryl methyl sites for hydroxylation is 1. The molecule has 2 heterocycles. The summed E-state index contributed by atoms with van der Waals surface area (Å²) >= 11 is 6.18. The van der Waals surface area contributed by atoms with Crippen molar-refractivity contribution in [2.75, 3.05) is 36.0 Å². The predicted molar refractivity (Wildman–Crippen MR) is 132 cm³/mol. The Morgan fingerprint density at radius 1 is 1.00 bits per heavy atom. The molecule has 2 aromatic rings. The summed E-state index contributed by atoms with van der Waals surface area (Å²) in [5, 5.41) is 0.683. The quantitative estimate of drug-likeness (QED) is 0.647. The van der Waals surface area contributed by atoms with Crippen LogP contribution in [0.4, 0.5) is 11.4 Å². The summed E-state index contributed by atoms with van der Waals surface area (Å²) in [7, 11) is -3.60. The zero-order chi connectivity index (χ0) is 23.3. The number of nitrogens with zero attached hydrogens (tertiary/aromatic N) is 3. The second kappa shape index (κ2) is 8.60. The van der Waals surface area contributed by atoms with Gasteiger partial charge in [0.25, 0.3) is 0 Å². The van der Waals surface area contributed by atoms with Crippen LogP contribution in [0.3, 0.4) is 0 Å². The van der Waals surface area contributed by atoms with Crippen molar-refractivity contribution in [3.63, 3.8) is 0 Å². The van der Waals surface area contributed by atoms with Crippen molar-refractivity contribution < 1.29 is 13.2 Å². The number of halogens is 1. The molecule has 3 aliphatic rings. The van der Waals surface area contributed by atoms with Crippen LogP contribution >= 0.6 is 11.6 Å². The van der Waals surface area contributed by atoms with E-state index in [1.165, 1.54) is 0 Å². The van der Waals surface area contributed by atoms with Gasteiger partial charge in [-0.1, -0.05) is 24.1 Å². The third-order valence-electron chi connectivity index (χ3n) is 7.35. The molecule has 2 aliphatic heterocycles. The summed E-state index contributed by atoms with van der Waals surface area (Å²) in [6.07, 6.45) is 3.74. The van der Waals surface area contributed by atoms with Gasteiger partial charge in [0.15, 0.2) is 0 Å². The number of piperazine rings is 1. The van der Waals surface area contributed by atoms with Gasteiger partial charge in [0.05, 0.1) is 4.90 Å². The third kappa shape index (κ3) is 4.04. The number of carbonyl (C=O) groups excluding carboxylic acids is 1. The Balaban J connectivity index is 1.32. The van der Waals surface area contributed by atoms with Crippen molar-refractivity contribution in [2.45, 2.75) is 50.5 Å². The SMILES string of the molecule is Cc1ccc(Cl)cc1N1CCN(S(=O)(=O)c2ccc3c(c2)C[C@@H](C)N3C(=O)C2CCC2)CC1. The number of sulfonamides is 1. The van der Waals surface area contributed by atoms with Crippen LogP contribution in [0.25, 0.3) is 0 Å². The Kier molecular flexibility index (Phi) is 5.91. The fraction of sp³-hybridized carbons (Fsp3) is 0.480. The Morgan fingerprint density at radius 2 is 1.73 bits per heavy atom. The molecule has 0 unspecified atom stereocenters. The fourth-order valence-corrected chi connectivity index (χ4v) is 6.84. The number of anilines is 2. The summed E-state index contributed by atoms with van der Waals surface area (Å²) < 4.78 is 28.4. The normalized spacial score (nSPS) is 21.7. The molecule has 0 aromatic heterocycles. The molecule has 0 spiro atoms. The maximum atomic E-state index is 13.4. The minimum atomic E-state index is -3.60. The molecule has 1 saturated carbocycles. The van der Waals surface area contributed by atoms with Crippen LogP contribution in [-0.2, 0) is 21.2 Å². The molecule has 1 atom stereocenters. The van der Waals surface area contributed by atoms with Gasteiger partial charge in [0, 0.05) is 54.5 Å². The standard InChI is InChI=1S/C25H30ClN3O3S/c1-17-6-7-21(26)16-24(17)27-10-12-28(13-11-27)33(31,32)22-8-9-23-20(15-22)14-18(2)29(23)25(30)19-4-3-5-19/h6-9,15-16,18-19H,3-5,10-14H2,1-2H3/t18-/m1/s1. The molecule has 1 aliphatic carbocycles. The van der Waals surface area contributed by atoms with Crippen molar-refractivity contribution in [1.29, 1.82) is 0 Å². The van der Waals surface area contributed by atoms with E-state index in [1.807, 2.05) is 43.0 Å². The van der Waals surface area contributed by atoms with Gasteiger partial charge >= 0.3 is 0 Å². The number of hydrogen-bond donors (Lipinski definition) is 0. The molecule has 176 valence electrons. The molecule has 5 rings (SSSR count). The van der Waals surface area contributed by atoms with Crippen LogP contribution in [0.5, 0.6) is 0 Å². The summed E-state index contributed by atoms with van der Waals surface area (Å²) in [5.41, 5.74) is 4.01. The van der Waals surface area contributed by atoms with Gasteiger partial charge in [-0.3, -0.25) is 4.79 Å². The minimum absolute atomic E-state index is 0.0653. The lowest BCUT2D eigenvalue weighted by molar-refractivity contribution is -0.125. The molecule has 6 nitrogen and oxygen atoms in total. The van der Waals surface area contributed by atoms with Gasteiger partial charge in [-0.2, -0.15) is 4.31 Å². The third-order valence-corrected chi connectivity index (χ3v) is 9.48. The van der Waals surface area contributed by atoms with Crippen LogP contribution in [0.1, 0.15) is 37.3 Å². The van der Waals surface area contributed by atoms with Crippen LogP contribution in [0.15, 0.2) is 41.3 Å². The summed E-state index contributed by atoms with van der Waals surface area (Å²) in [4.78, 5) is 17.3. The topological polar surface area (TPSA) is 60.9 Å². The number of hydrogen-bond acceptors (Lipinski definition) is 4. The highest BCUT2D eigenvalue weighted by molar-refractivity contribution is 7.89. The van der Waals surface area contributed by atoms with E-state index < -0.39 is 10.0 Å². The number of amides is 1. The lowest BCUT2D eigenvalue weighted by Gasteiger charge is -2.36. The van der Waals surface area contributed by atoms with Crippen LogP contribution < -0.4 is 9.80 Å². The zero-order valence-electron chi connectivity index (χ0n) is 19.1. The summed E-state index contributed by atoms with van der Waals surface area (Å²) in [5.74, 6) is 0.316. The van der Waals surface area contributed by atoms with Crippen LogP contribution in [-0.4, -0.2) is 50.9 Å². The highest BCUT2D eigenvalue weighted by Gasteiger charge is 2.38. The molecule has 0 radical (unpaired) electrons. The first kappa shape index (κ1) is 22.7. The first-order chi connectivity index (χ1) is 15.8. The Bertz CT molecular complexity index is 1190. The van der Waals surface area contributed by atoms with Crippen molar-refractivity contribution in [3.05, 3.63) is 52.5 Å². The number of benzene rings is 2. The molecule has 8 heteroatoms. The average molecular weight is 488 g/mol. The average Bonchev–Trinajstić information content (AvgIpc) is 3.09. The zero-order valence-corrected chi connectivity index (χ0v) is 20.7. The van der Waals surface area contributed by atoms with Crippen molar-refractivity contribution >= 4 is 38.9 Å². The van der Waals surface area contributed by atoms with Crippen molar-refractivity contribution in [3.8, 4) is 0 Å². The van der Waals surface area contributed by atoms with E-state index in [2.05, 4.69) is 4.90 Å². The van der Waals surface area contributed by atoms with Crippen LogP contribution in [0, 0.1) is 12.8 Å². The van der Waals surface area contributed by atoms with E-state index in [1.54, 1.807) is 16.4 Å². The van der Waals surface area contributed by atoms with Gasteiger partial charge in [-0.25, -0.2) is 8.42 Å². The lowest BCUT2D eigenvalue weighted by atomic mass is 9.84. The number of rotatable bonds is 4. The Labute approximate surface area is 201 Å². The van der Waals surface area contributed by atoms with E-state index in [0.717, 1.165) is 41.8 Å². The molecule has 1 saturated heterocycles. The summed E-state index contributed by atoms with van der Waals surface area (Å²) in [6.45, 7) is 6.17. The predicted octanol–water partition coefficient (Wildman–Crippen LogP) is 4.24. The largest absolute Gasteiger partial charge is 0.369 e. The maximum absolute atomic E-state index is 13.4. The molecule has 2 fully saturated rings. The van der Waals surface area contributed by atoms with E-state index in [-0.39, 0.29) is 17.9 Å². The van der Waals surface area contributed by atoms with Gasteiger partial charge in [0.2, 0.25) is 15.9 Å². The van der Waals surface area contributed by atoms with Gasteiger partial charge in [0.1, 0.15) is 0 Å². The first-order valence-electron chi connectivity index (χ1n) is 11.7. The molecule has 1 amide bonds. The first-order valence-corrected chi connectivity index (χ1v) is 13.5. The highest BCUT2D eigenvalue weighted by Crippen LogP contribution is 2.38. The number of fused-ring (bicyclic) bond motifs is 1. The molecular weight excluding hydrogens is 458 g/mol. The molecule has 2 aromatic carbocycles. The molecule has 0 bridgehead atoms. The van der Waals surface area contributed by atoms with E-state index in [4.69, 9.17) is 11.6 Å². The molecule has 0 N–H and O–H groups in total. The Morgan fingerprint density at radius 3 is 2.39 bits per heavy atom. The Hall–Kier alpha value is -2.09. The van der Waals surface area contributed by atoms with Crippen molar-refractivity contribution in [1.82, 2.24) is 4.31 Å². The number of carbonyl (C=O) groups is 1. The highest BCUT2D eigenvalue weighted by atomic mass is 35.5. The minimum Gasteiger partial charge on any atom is -0.369 e. The lowest BCUT2D eigenvalue weighted by Crippen LogP contribution is -2.48. The van der Waals surface area contributed by atoms with Gasteiger partial charge in [-0.05, 0) is 74.6 Å². The van der Waals surface area contributed by atoms with Gasteiger partial charge in [-0.15, -0.1) is 0 Å². The van der Waals surface area contributed by atoms with Gasteiger partial charge < -0.3 is 9.80 Å². The summed E-state index contributed by atoms with van der Waals surface area (Å²) in [6, 6.07) is 11.1. The van der Waals surface area contributed by atoms with E-state index >= 15 is 0 Å². The van der Waals surface area contributed by atoms with Crippen molar-refractivity contribution in [2.24, 2.45) is 5.92 Å². The van der Waals surface area contributed by atoms with E-state index in [9.17, 15) is 13.2 Å². The monoisotopic (exact) mass is 487 g/mol. The smallest absolute Gasteiger partial charge is 0.243 e. The molecular formula is C25H30ClN3O3S. The second-order valence-corrected chi connectivity index (χ2v) is 11.9. The fourth-order valence-electron chi connectivity index (χ4n) is 5.20. The van der Waals surface area contributed by atoms with E-state index in [0.29, 0.717) is 42.5 Å². The maximum Gasteiger partial charge on any atom is 0.243 e.